The Kier molecular flexibility index (Phi) is 9.62. The molecule has 0 bridgehead atoms. The number of ether oxygens (including phenoxy) is 2. The first-order chi connectivity index (χ1) is 19.9. The smallest absolute Gasteiger partial charge is 0.413 e. The highest BCUT2D eigenvalue weighted by molar-refractivity contribution is 8.30. The van der Waals surface area contributed by atoms with E-state index < -0.39 is 52.0 Å². The highest BCUT2D eigenvalue weighted by Gasteiger charge is 2.55. The average Bonchev–Trinajstić information content (AvgIpc) is 3.28. The summed E-state index contributed by atoms with van der Waals surface area (Å²) < 4.78 is 10.8. The van der Waals surface area contributed by atoms with Crippen LogP contribution in [0.4, 0.5) is 9.59 Å². The molecule has 10 nitrogen and oxygen atoms in total. The van der Waals surface area contributed by atoms with E-state index in [0.29, 0.717) is 11.6 Å². The van der Waals surface area contributed by atoms with Crippen molar-refractivity contribution in [3.63, 3.8) is 0 Å². The Hall–Kier alpha value is -4.25. The number of aliphatic imine (C=N–C) groups is 1. The number of imide groups is 1. The van der Waals surface area contributed by atoms with Crippen molar-refractivity contribution in [3.05, 3.63) is 82.9 Å². The topological polar surface area (TPSA) is 126 Å². The molecule has 4 amide bonds. The van der Waals surface area contributed by atoms with Gasteiger partial charge in [-0.25, -0.2) is 24.3 Å². The van der Waals surface area contributed by atoms with Crippen LogP contribution in [-0.4, -0.2) is 51.6 Å². The van der Waals surface area contributed by atoms with E-state index in [1.165, 1.54) is 0 Å². The molecule has 42 heavy (non-hydrogen) atoms. The van der Waals surface area contributed by atoms with Gasteiger partial charge in [0, 0.05) is 11.1 Å². The van der Waals surface area contributed by atoms with Crippen LogP contribution in [-0.2, 0) is 25.7 Å². The van der Waals surface area contributed by atoms with Crippen LogP contribution in [0.5, 0.6) is 0 Å². The number of β-lactam (4-membered cyclic amide) rings is 1. The number of carbonyl (C=O) groups excluding carboxylic acids is 4. The van der Waals surface area contributed by atoms with Crippen molar-refractivity contribution in [2.75, 3.05) is 0 Å². The van der Waals surface area contributed by atoms with Crippen molar-refractivity contribution in [2.45, 2.75) is 64.8 Å². The number of amidine groups is 1. The molecule has 11 heteroatoms. The Morgan fingerprint density at radius 3 is 2.36 bits per heavy atom. The summed E-state index contributed by atoms with van der Waals surface area (Å²) >= 11 is 0. The van der Waals surface area contributed by atoms with Crippen molar-refractivity contribution in [1.29, 1.82) is 0 Å². The number of likely N-dealkylation sites (tertiary alicyclic amines) is 1. The summed E-state index contributed by atoms with van der Waals surface area (Å²) in [7, 11) is -0.771. The number of nitrogens with zero attached hydrogens (tertiary/aromatic N) is 2. The number of urea groups is 1. The number of allylic oxidation sites excluding steroid dienone is 1. The minimum absolute atomic E-state index is 0.0218. The number of carbonyl (C=O) groups is 4. The van der Waals surface area contributed by atoms with Crippen LogP contribution < -0.4 is 10.6 Å². The van der Waals surface area contributed by atoms with Gasteiger partial charge in [-0.2, -0.15) is 0 Å². The number of nitrogens with one attached hydrogen (secondary N) is 2. The van der Waals surface area contributed by atoms with Gasteiger partial charge in [-0.3, -0.25) is 10.1 Å². The molecule has 1 saturated heterocycles. The normalized spacial score (nSPS) is 20.5. The zero-order chi connectivity index (χ0) is 30.4. The number of rotatable bonds is 8. The minimum atomic E-state index is -1.07. The first-order valence-electron chi connectivity index (χ1n) is 13.6. The third kappa shape index (κ3) is 7.52. The lowest BCUT2D eigenvalue weighted by molar-refractivity contribution is -0.170. The van der Waals surface area contributed by atoms with Gasteiger partial charge in [-0.1, -0.05) is 77.0 Å². The van der Waals surface area contributed by atoms with Gasteiger partial charge in [0.2, 0.25) is 5.91 Å². The van der Waals surface area contributed by atoms with Gasteiger partial charge in [0.05, 0.1) is 12.0 Å². The molecule has 0 saturated carbocycles. The van der Waals surface area contributed by atoms with Crippen molar-refractivity contribution < 1.29 is 28.7 Å². The van der Waals surface area contributed by atoms with Gasteiger partial charge < -0.3 is 14.8 Å². The summed E-state index contributed by atoms with van der Waals surface area (Å²) in [5, 5.41) is 5.83. The van der Waals surface area contributed by atoms with Gasteiger partial charge in [-0.05, 0) is 51.7 Å². The highest BCUT2D eigenvalue weighted by Crippen LogP contribution is 2.38. The number of esters is 1. The Morgan fingerprint density at radius 2 is 1.71 bits per heavy atom. The second-order valence-corrected chi connectivity index (χ2v) is 12.7. The zero-order valence-corrected chi connectivity index (χ0v) is 25.0. The van der Waals surface area contributed by atoms with Crippen LogP contribution in [0.25, 0.3) is 0 Å². The number of alkyl carbamates (subject to hydrolysis) is 1. The van der Waals surface area contributed by atoms with E-state index in [4.69, 9.17) is 9.47 Å². The second kappa shape index (κ2) is 13.2. The molecule has 0 spiro atoms. The Balaban J connectivity index is 1.41. The van der Waals surface area contributed by atoms with Crippen LogP contribution in [0.2, 0.25) is 0 Å². The van der Waals surface area contributed by atoms with Gasteiger partial charge in [-0.15, -0.1) is 0 Å². The standard InChI is InChI=1S/C31H36N4O6S/c1-20(22-14-10-7-11-15-22)33-29(38)35-25(27(37)40-19-21-12-8-6-9-13-21)24(26(35)36)17-16-23-18-32-28(42(23)5)34-30(39)41-31(2,3)4/h6-15,18,20,24-25H,5,16-17,19H2,1-4H3,(H,33,38)(H,32,34,39)/t20-,24-,25+,42?/m1/s1. The lowest BCUT2D eigenvalue weighted by Gasteiger charge is -2.44. The largest absolute Gasteiger partial charge is 0.459 e. The van der Waals surface area contributed by atoms with E-state index >= 15 is 0 Å². The summed E-state index contributed by atoms with van der Waals surface area (Å²) in [4.78, 5) is 58.0. The molecule has 2 aromatic carbocycles. The first-order valence-corrected chi connectivity index (χ1v) is 15.0. The van der Waals surface area contributed by atoms with Crippen LogP contribution in [0, 0.1) is 5.92 Å². The summed E-state index contributed by atoms with van der Waals surface area (Å²) in [5.74, 6) is 2.26. The monoisotopic (exact) mass is 592 g/mol. The first kappa shape index (κ1) is 30.7. The maximum atomic E-state index is 13.3. The molecule has 0 aliphatic carbocycles. The number of benzene rings is 2. The summed E-state index contributed by atoms with van der Waals surface area (Å²) in [6.07, 6.45) is 1.66. The van der Waals surface area contributed by atoms with Gasteiger partial charge in [0.15, 0.2) is 11.2 Å². The lowest BCUT2D eigenvalue weighted by atomic mass is 9.83. The molecule has 2 heterocycles. The maximum Gasteiger partial charge on any atom is 0.413 e. The van der Waals surface area contributed by atoms with E-state index in [2.05, 4.69) is 21.5 Å². The molecule has 0 aromatic heterocycles. The number of hydrogen-bond acceptors (Lipinski definition) is 7. The molecule has 2 aliphatic rings. The fourth-order valence-corrected chi connectivity index (χ4v) is 5.75. The van der Waals surface area contributed by atoms with Crippen LogP contribution in [0.3, 0.4) is 0 Å². The van der Waals surface area contributed by atoms with Crippen LogP contribution >= 0.6 is 10.5 Å². The quantitative estimate of drug-likeness (QED) is 0.245. The highest BCUT2D eigenvalue weighted by atomic mass is 32.2. The molecule has 4 atom stereocenters. The molecule has 4 rings (SSSR count). The van der Waals surface area contributed by atoms with Crippen molar-refractivity contribution in [1.82, 2.24) is 15.5 Å². The fraction of sp³-hybridized carbons (Fsp3) is 0.355. The Labute approximate surface area is 248 Å². The predicted octanol–water partition coefficient (Wildman–Crippen LogP) is 5.24. The third-order valence-corrected chi connectivity index (χ3v) is 8.34. The van der Waals surface area contributed by atoms with Crippen molar-refractivity contribution in [2.24, 2.45) is 10.9 Å². The molecule has 2 aromatic rings. The Morgan fingerprint density at radius 1 is 1.07 bits per heavy atom. The molecule has 222 valence electrons. The molecule has 1 unspecified atom stereocenters. The molecular weight excluding hydrogens is 556 g/mol. The van der Waals surface area contributed by atoms with E-state index in [9.17, 15) is 19.2 Å². The fourth-order valence-electron chi connectivity index (χ4n) is 4.57. The van der Waals surface area contributed by atoms with Crippen molar-refractivity contribution >= 4 is 45.5 Å². The Bertz CT molecular complexity index is 1420. The summed E-state index contributed by atoms with van der Waals surface area (Å²) in [6.45, 7) is 7.12. The second-order valence-electron chi connectivity index (χ2n) is 11.0. The molecule has 2 aliphatic heterocycles. The number of amides is 4. The average molecular weight is 593 g/mol. The maximum absolute atomic E-state index is 13.3. The van der Waals surface area contributed by atoms with Crippen molar-refractivity contribution in [3.8, 4) is 0 Å². The van der Waals surface area contributed by atoms with Gasteiger partial charge in [0.25, 0.3) is 0 Å². The molecular formula is C31H36N4O6S. The third-order valence-electron chi connectivity index (χ3n) is 6.72. The van der Waals surface area contributed by atoms with E-state index in [-0.39, 0.29) is 19.1 Å². The lowest BCUT2D eigenvalue weighted by Crippen LogP contribution is -2.68. The van der Waals surface area contributed by atoms with Gasteiger partial charge in [0.1, 0.15) is 12.2 Å². The number of hydrogen-bond donors (Lipinski definition) is 2. The van der Waals surface area contributed by atoms with E-state index in [1.54, 1.807) is 27.0 Å². The molecule has 2 N–H and O–H groups in total. The van der Waals surface area contributed by atoms with E-state index in [0.717, 1.165) is 20.9 Å². The van der Waals surface area contributed by atoms with Crippen LogP contribution in [0.15, 0.2) is 76.8 Å². The molecule has 0 radical (unpaired) electrons. The van der Waals surface area contributed by atoms with Crippen LogP contribution in [0.1, 0.15) is 57.7 Å². The summed E-state index contributed by atoms with van der Waals surface area (Å²) in [5.41, 5.74) is 0.997. The summed E-state index contributed by atoms with van der Waals surface area (Å²) in [6, 6.07) is 16.4. The predicted molar refractivity (Wildman–Crippen MR) is 163 cm³/mol. The minimum Gasteiger partial charge on any atom is -0.459 e. The zero-order valence-electron chi connectivity index (χ0n) is 24.2. The van der Waals surface area contributed by atoms with Gasteiger partial charge >= 0.3 is 18.1 Å². The molecule has 1 fully saturated rings. The van der Waals surface area contributed by atoms with E-state index in [1.807, 2.05) is 67.6 Å². The SMILES string of the molecule is C=S1C(CC[C@H]2C(=O)N(C(=O)N[C@H](C)c3ccccc3)[C@@H]2C(=O)OCc2ccccc2)=CN=C1NC(=O)OC(C)(C)C.